The minimum Gasteiger partial charge on any atom is -0.455 e. The summed E-state index contributed by atoms with van der Waals surface area (Å²) in [6, 6.07) is 76.2. The molecule has 3 aromatic heterocycles. The van der Waals surface area contributed by atoms with Crippen LogP contribution in [0, 0.1) is 0 Å². The Morgan fingerprint density at radius 3 is 1.53 bits per heavy atom. The fourth-order valence-electron chi connectivity index (χ4n) is 9.19. The molecule has 0 aliphatic carbocycles. The average Bonchev–Trinajstić information content (AvgIpc) is 3.95. The number of para-hydroxylation sites is 8. The zero-order valence-electron chi connectivity index (χ0n) is 31.5. The molecule has 0 aliphatic heterocycles. The number of aromatic nitrogens is 2. The molecule has 0 radical (unpaired) electrons. The first-order chi connectivity index (χ1) is 28.8. The van der Waals surface area contributed by atoms with Crippen LogP contribution in [0.4, 0.5) is 17.1 Å². The van der Waals surface area contributed by atoms with Gasteiger partial charge in [0.05, 0.1) is 33.4 Å². The van der Waals surface area contributed by atoms with E-state index < -0.39 is 0 Å². The lowest BCUT2D eigenvalue weighted by atomic mass is 10.0. The third-order valence-corrected chi connectivity index (χ3v) is 11.7. The number of furan rings is 1. The maximum absolute atomic E-state index is 6.48. The van der Waals surface area contributed by atoms with E-state index in [0.29, 0.717) is 0 Å². The van der Waals surface area contributed by atoms with Crippen LogP contribution in [0.15, 0.2) is 217 Å². The highest BCUT2D eigenvalue weighted by Gasteiger charge is 2.22. The van der Waals surface area contributed by atoms with E-state index >= 15 is 0 Å². The average molecular weight is 742 g/mol. The van der Waals surface area contributed by atoms with E-state index in [1.165, 1.54) is 43.6 Å². The largest absolute Gasteiger partial charge is 0.455 e. The van der Waals surface area contributed by atoms with E-state index in [-0.39, 0.29) is 0 Å². The van der Waals surface area contributed by atoms with Crippen LogP contribution in [-0.4, -0.2) is 9.13 Å². The summed E-state index contributed by atoms with van der Waals surface area (Å²) >= 11 is 0. The number of nitrogens with zero attached hydrogens (tertiary/aromatic N) is 3. The van der Waals surface area contributed by atoms with Gasteiger partial charge in [-0.15, -0.1) is 0 Å². The maximum atomic E-state index is 6.48. The lowest BCUT2D eigenvalue weighted by molar-refractivity contribution is 0.670. The van der Waals surface area contributed by atoms with Crippen LogP contribution >= 0.6 is 0 Å². The fourth-order valence-corrected chi connectivity index (χ4v) is 9.19. The highest BCUT2D eigenvalue weighted by molar-refractivity contribution is 6.12. The van der Waals surface area contributed by atoms with Crippen molar-refractivity contribution >= 4 is 82.6 Å². The topological polar surface area (TPSA) is 26.2 Å². The SMILES string of the molecule is c1cc(N(c2ccc(-c3cccc4c3oc3ccccc34)cc2)c2ccccc2-n2c3ccccc3c3ccccc32)cc(-n2c3ccccc3c3ccccc32)c1. The van der Waals surface area contributed by atoms with Gasteiger partial charge in [0.15, 0.2) is 0 Å². The number of rotatable bonds is 6. The number of hydrogen-bond donors (Lipinski definition) is 0. The second-order valence-electron chi connectivity index (χ2n) is 14.9. The monoisotopic (exact) mass is 741 g/mol. The lowest BCUT2D eigenvalue weighted by Crippen LogP contribution is -2.13. The van der Waals surface area contributed by atoms with E-state index in [1.807, 2.05) is 12.1 Å². The molecule has 58 heavy (non-hydrogen) atoms. The minimum atomic E-state index is 0.901. The zero-order valence-corrected chi connectivity index (χ0v) is 31.5. The first-order valence-corrected chi connectivity index (χ1v) is 19.8. The van der Waals surface area contributed by atoms with Gasteiger partial charge in [0.2, 0.25) is 0 Å². The third kappa shape index (κ3) is 4.88. The van der Waals surface area contributed by atoms with Crippen LogP contribution < -0.4 is 4.90 Å². The van der Waals surface area contributed by atoms with Gasteiger partial charge in [-0.05, 0) is 78.4 Å². The third-order valence-electron chi connectivity index (χ3n) is 11.7. The van der Waals surface area contributed by atoms with Crippen LogP contribution in [0.3, 0.4) is 0 Å². The van der Waals surface area contributed by atoms with Crippen molar-refractivity contribution in [3.8, 4) is 22.5 Å². The quantitative estimate of drug-likeness (QED) is 0.170. The summed E-state index contributed by atoms with van der Waals surface area (Å²) in [5.74, 6) is 0. The Hall–Kier alpha value is -7.82. The smallest absolute Gasteiger partial charge is 0.143 e. The Balaban J connectivity index is 1.08. The van der Waals surface area contributed by atoms with E-state index in [2.05, 4.69) is 214 Å². The van der Waals surface area contributed by atoms with Gasteiger partial charge in [-0.25, -0.2) is 0 Å². The van der Waals surface area contributed by atoms with E-state index in [1.54, 1.807) is 0 Å². The van der Waals surface area contributed by atoms with Gasteiger partial charge in [0.1, 0.15) is 11.2 Å². The van der Waals surface area contributed by atoms with E-state index in [0.717, 1.165) is 61.5 Å². The van der Waals surface area contributed by atoms with Gasteiger partial charge >= 0.3 is 0 Å². The van der Waals surface area contributed by atoms with Crippen molar-refractivity contribution in [2.45, 2.75) is 0 Å². The molecule has 0 fully saturated rings. The zero-order chi connectivity index (χ0) is 38.2. The standard InChI is InChI=1S/C54H35N3O/c1-6-24-47-41(17-1)42-18-2-7-25-48(42)56(47)39-16-13-15-38(35-39)55(37-33-31-36(32-34-37)40-22-14-23-46-45-21-5-12-30-53(45)58-54(40)46)51-28-10-11-29-52(51)57-49-26-8-3-19-43(49)44-20-4-9-27-50(44)57/h1-35H. The van der Waals surface area contributed by atoms with Crippen molar-refractivity contribution < 1.29 is 4.42 Å². The molecule has 0 spiro atoms. The summed E-state index contributed by atoms with van der Waals surface area (Å²) in [7, 11) is 0. The second kappa shape index (κ2) is 12.9. The van der Waals surface area contributed by atoms with Crippen LogP contribution in [-0.2, 0) is 0 Å². The molecule has 0 N–H and O–H groups in total. The van der Waals surface area contributed by atoms with E-state index in [9.17, 15) is 0 Å². The van der Waals surface area contributed by atoms with E-state index in [4.69, 9.17) is 4.42 Å². The predicted molar refractivity (Wildman–Crippen MR) is 243 cm³/mol. The molecular formula is C54H35N3O. The molecular weight excluding hydrogens is 707 g/mol. The molecule has 0 saturated carbocycles. The Bertz CT molecular complexity index is 3420. The Morgan fingerprint density at radius 2 is 0.879 bits per heavy atom. The summed E-state index contributed by atoms with van der Waals surface area (Å²) in [6.45, 7) is 0. The van der Waals surface area contributed by atoms with Crippen molar-refractivity contribution in [1.82, 2.24) is 9.13 Å². The summed E-state index contributed by atoms with van der Waals surface area (Å²) in [5, 5.41) is 7.21. The molecule has 0 amide bonds. The molecule has 12 rings (SSSR count). The fraction of sp³-hybridized carbons (Fsp3) is 0. The molecule has 0 saturated heterocycles. The van der Waals surface area contributed by atoms with Gasteiger partial charge in [0, 0.05) is 54.9 Å². The highest BCUT2D eigenvalue weighted by Crippen LogP contribution is 2.44. The number of anilines is 3. The summed E-state index contributed by atoms with van der Waals surface area (Å²) in [6.07, 6.45) is 0. The molecule has 3 heterocycles. The summed E-state index contributed by atoms with van der Waals surface area (Å²) in [5.41, 5.74) is 14.1. The van der Waals surface area contributed by atoms with Crippen LogP contribution in [0.1, 0.15) is 0 Å². The summed E-state index contributed by atoms with van der Waals surface area (Å²) < 4.78 is 11.3. The van der Waals surface area contributed by atoms with Crippen molar-refractivity contribution in [1.29, 1.82) is 0 Å². The lowest BCUT2D eigenvalue weighted by Gasteiger charge is -2.29. The molecule has 4 heteroatoms. The van der Waals surface area contributed by atoms with Gasteiger partial charge in [-0.1, -0.05) is 140 Å². The maximum Gasteiger partial charge on any atom is 0.143 e. The van der Waals surface area contributed by atoms with Crippen molar-refractivity contribution in [3.63, 3.8) is 0 Å². The molecule has 0 bridgehead atoms. The van der Waals surface area contributed by atoms with Gasteiger partial charge < -0.3 is 18.5 Å². The van der Waals surface area contributed by atoms with Crippen LogP contribution in [0.5, 0.6) is 0 Å². The molecule has 0 atom stereocenters. The molecule has 0 aliphatic rings. The van der Waals surface area contributed by atoms with Gasteiger partial charge in [-0.3, -0.25) is 0 Å². The van der Waals surface area contributed by atoms with Crippen molar-refractivity contribution in [2.75, 3.05) is 4.90 Å². The highest BCUT2D eigenvalue weighted by atomic mass is 16.3. The molecule has 9 aromatic carbocycles. The first kappa shape index (κ1) is 32.4. The predicted octanol–water partition coefficient (Wildman–Crippen LogP) is 14.9. The van der Waals surface area contributed by atoms with Crippen molar-refractivity contribution in [3.05, 3.63) is 212 Å². The number of benzene rings is 9. The van der Waals surface area contributed by atoms with Gasteiger partial charge in [-0.2, -0.15) is 0 Å². The molecule has 272 valence electrons. The van der Waals surface area contributed by atoms with Gasteiger partial charge in [0.25, 0.3) is 0 Å². The molecule has 0 unspecified atom stereocenters. The number of hydrogen-bond acceptors (Lipinski definition) is 2. The normalized spacial score (nSPS) is 11.8. The van der Waals surface area contributed by atoms with Crippen molar-refractivity contribution in [2.24, 2.45) is 0 Å². The Morgan fingerprint density at radius 1 is 0.362 bits per heavy atom. The molecule has 12 aromatic rings. The Kier molecular flexibility index (Phi) is 7.20. The Labute approximate surface area is 334 Å². The second-order valence-corrected chi connectivity index (χ2v) is 14.9. The minimum absolute atomic E-state index is 0.901. The number of fused-ring (bicyclic) bond motifs is 9. The van der Waals surface area contributed by atoms with Crippen LogP contribution in [0.2, 0.25) is 0 Å². The van der Waals surface area contributed by atoms with Crippen LogP contribution in [0.25, 0.3) is 88.1 Å². The molecule has 4 nitrogen and oxygen atoms in total. The first-order valence-electron chi connectivity index (χ1n) is 19.8. The summed E-state index contributed by atoms with van der Waals surface area (Å²) in [4.78, 5) is 2.40.